The number of nitrogens with one attached hydrogen (secondary N) is 2. The number of aryl methyl sites for hydroxylation is 2. The van der Waals surface area contributed by atoms with E-state index in [4.69, 9.17) is 4.74 Å². The molecule has 5 heteroatoms. The molecule has 1 fully saturated rings. The molecule has 1 aliphatic carbocycles. The lowest BCUT2D eigenvalue weighted by Gasteiger charge is -2.24. The molecular weight excluding hydrogens is 288 g/mol. The van der Waals surface area contributed by atoms with Gasteiger partial charge >= 0.3 is 0 Å². The van der Waals surface area contributed by atoms with Crippen LogP contribution in [0, 0.1) is 6.92 Å². The van der Waals surface area contributed by atoms with Gasteiger partial charge in [0.2, 0.25) is 5.91 Å². The first-order chi connectivity index (χ1) is 9.72. The van der Waals surface area contributed by atoms with Gasteiger partial charge in [-0.25, -0.2) is 0 Å². The van der Waals surface area contributed by atoms with E-state index >= 15 is 0 Å². The molecule has 0 saturated carbocycles. The third-order valence-corrected chi connectivity index (χ3v) is 4.14. The Bertz CT molecular complexity index is 501. The van der Waals surface area contributed by atoms with Crippen LogP contribution in [-0.2, 0) is 16.0 Å². The summed E-state index contributed by atoms with van der Waals surface area (Å²) >= 11 is 0. The van der Waals surface area contributed by atoms with Gasteiger partial charge in [0.15, 0.2) is 0 Å². The van der Waals surface area contributed by atoms with Crippen LogP contribution in [0.25, 0.3) is 0 Å². The number of hydrogen-bond donors (Lipinski definition) is 2. The third kappa shape index (κ3) is 3.96. The Hall–Kier alpha value is -1.10. The van der Waals surface area contributed by atoms with E-state index in [2.05, 4.69) is 35.8 Å². The maximum Gasteiger partial charge on any atom is 0.222 e. The van der Waals surface area contributed by atoms with E-state index in [0.29, 0.717) is 13.0 Å². The number of carbonyl (C=O) groups is 1. The summed E-state index contributed by atoms with van der Waals surface area (Å²) in [6.45, 7) is 4.33. The lowest BCUT2D eigenvalue weighted by molar-refractivity contribution is -0.123. The summed E-state index contributed by atoms with van der Waals surface area (Å²) in [6.07, 6.45) is 2.57. The molecule has 4 nitrogen and oxygen atoms in total. The van der Waals surface area contributed by atoms with Crippen molar-refractivity contribution in [1.29, 1.82) is 0 Å². The van der Waals surface area contributed by atoms with Crippen LogP contribution in [0.15, 0.2) is 18.2 Å². The minimum Gasteiger partial charge on any atom is -0.378 e. The smallest absolute Gasteiger partial charge is 0.222 e. The lowest BCUT2D eigenvalue weighted by atomic mass is 10.1. The molecule has 2 N–H and O–H groups in total. The molecule has 0 aromatic heterocycles. The van der Waals surface area contributed by atoms with Gasteiger partial charge in [-0.2, -0.15) is 0 Å². The van der Waals surface area contributed by atoms with Crippen LogP contribution in [0.1, 0.15) is 35.6 Å². The fourth-order valence-corrected chi connectivity index (χ4v) is 3.12. The van der Waals surface area contributed by atoms with Crippen LogP contribution in [0.4, 0.5) is 0 Å². The summed E-state index contributed by atoms with van der Waals surface area (Å²) in [7, 11) is 0. The zero-order valence-corrected chi connectivity index (χ0v) is 13.2. The topological polar surface area (TPSA) is 50.4 Å². The van der Waals surface area contributed by atoms with Crippen molar-refractivity contribution in [3.05, 3.63) is 34.9 Å². The summed E-state index contributed by atoms with van der Waals surface area (Å²) < 4.78 is 5.38. The normalized spacial score (nSPS) is 24.0. The highest BCUT2D eigenvalue weighted by atomic mass is 35.5. The van der Waals surface area contributed by atoms with E-state index in [1.54, 1.807) is 0 Å². The first kappa shape index (κ1) is 16.3. The van der Waals surface area contributed by atoms with Crippen molar-refractivity contribution in [3.8, 4) is 0 Å². The van der Waals surface area contributed by atoms with Crippen LogP contribution < -0.4 is 10.6 Å². The van der Waals surface area contributed by atoms with Crippen molar-refractivity contribution in [2.45, 2.75) is 38.3 Å². The molecular formula is C16H23ClN2O2. The molecule has 1 heterocycles. The molecule has 3 rings (SSSR count). The maximum absolute atomic E-state index is 12.1. The second-order valence-corrected chi connectivity index (χ2v) is 5.79. The first-order valence-electron chi connectivity index (χ1n) is 7.42. The molecule has 0 spiro atoms. The molecule has 2 atom stereocenters. The van der Waals surface area contributed by atoms with Gasteiger partial charge in [0.1, 0.15) is 0 Å². The second kappa shape index (κ2) is 7.25. The Morgan fingerprint density at radius 3 is 3.10 bits per heavy atom. The van der Waals surface area contributed by atoms with Gasteiger partial charge in [0.05, 0.1) is 19.3 Å². The van der Waals surface area contributed by atoms with E-state index in [-0.39, 0.29) is 30.4 Å². The Labute approximate surface area is 132 Å². The van der Waals surface area contributed by atoms with Crippen LogP contribution in [0.5, 0.6) is 0 Å². The number of carbonyl (C=O) groups excluding carboxylic acids is 1. The van der Waals surface area contributed by atoms with Crippen LogP contribution >= 0.6 is 12.4 Å². The number of rotatable bonds is 3. The number of halogens is 1. The number of amides is 1. The molecule has 1 aromatic rings. The minimum atomic E-state index is 0. The average Bonchev–Trinajstić information content (AvgIpc) is 2.82. The van der Waals surface area contributed by atoms with Crippen molar-refractivity contribution in [3.63, 3.8) is 0 Å². The molecule has 1 amide bonds. The van der Waals surface area contributed by atoms with Crippen molar-refractivity contribution in [1.82, 2.24) is 10.6 Å². The van der Waals surface area contributed by atoms with E-state index < -0.39 is 0 Å². The molecule has 1 aliphatic heterocycles. The van der Waals surface area contributed by atoms with Gasteiger partial charge in [-0.15, -0.1) is 12.4 Å². The highest BCUT2D eigenvalue weighted by molar-refractivity contribution is 5.85. The Morgan fingerprint density at radius 2 is 2.33 bits per heavy atom. The van der Waals surface area contributed by atoms with E-state index in [1.165, 1.54) is 16.7 Å². The molecule has 21 heavy (non-hydrogen) atoms. The van der Waals surface area contributed by atoms with Crippen molar-refractivity contribution >= 4 is 18.3 Å². The molecule has 1 saturated heterocycles. The third-order valence-electron chi connectivity index (χ3n) is 4.14. The van der Waals surface area contributed by atoms with E-state index in [9.17, 15) is 4.79 Å². The van der Waals surface area contributed by atoms with Crippen LogP contribution in [-0.4, -0.2) is 31.7 Å². The van der Waals surface area contributed by atoms with Gasteiger partial charge in [-0.3, -0.25) is 4.79 Å². The van der Waals surface area contributed by atoms with E-state index in [1.807, 2.05) is 0 Å². The lowest BCUT2D eigenvalue weighted by Crippen LogP contribution is -2.44. The van der Waals surface area contributed by atoms with Crippen LogP contribution in [0.3, 0.4) is 0 Å². The van der Waals surface area contributed by atoms with Crippen molar-refractivity contribution < 1.29 is 9.53 Å². The van der Waals surface area contributed by atoms with Gasteiger partial charge in [0.25, 0.3) is 0 Å². The quantitative estimate of drug-likeness (QED) is 0.896. The SMILES string of the molecule is Cc1ccc2c(c1)CCC2NC(=O)CC1COCCN1.Cl. The number of morpholine rings is 1. The molecule has 116 valence electrons. The summed E-state index contributed by atoms with van der Waals surface area (Å²) in [4.78, 5) is 12.1. The summed E-state index contributed by atoms with van der Waals surface area (Å²) in [5.41, 5.74) is 3.96. The van der Waals surface area contributed by atoms with Crippen molar-refractivity contribution in [2.24, 2.45) is 0 Å². The zero-order valence-electron chi connectivity index (χ0n) is 12.4. The molecule has 2 aliphatic rings. The van der Waals surface area contributed by atoms with Gasteiger partial charge in [-0.05, 0) is 30.9 Å². The largest absolute Gasteiger partial charge is 0.378 e. The van der Waals surface area contributed by atoms with Gasteiger partial charge < -0.3 is 15.4 Å². The molecule has 0 radical (unpaired) electrons. The molecule has 2 unspecified atom stereocenters. The fourth-order valence-electron chi connectivity index (χ4n) is 3.12. The first-order valence-corrected chi connectivity index (χ1v) is 7.42. The molecule has 1 aromatic carbocycles. The predicted molar refractivity (Wildman–Crippen MR) is 84.9 cm³/mol. The summed E-state index contributed by atoms with van der Waals surface area (Å²) in [5.74, 6) is 0.117. The number of ether oxygens (including phenoxy) is 1. The van der Waals surface area contributed by atoms with Gasteiger partial charge in [0, 0.05) is 19.0 Å². The average molecular weight is 311 g/mol. The standard InChI is InChI=1S/C16H22N2O2.ClH/c1-11-2-4-14-12(8-11)3-5-15(14)18-16(19)9-13-10-20-7-6-17-13;/h2,4,8,13,15,17H,3,5-7,9-10H2,1H3,(H,18,19);1H. The van der Waals surface area contributed by atoms with E-state index in [0.717, 1.165) is 26.0 Å². The number of benzene rings is 1. The van der Waals surface area contributed by atoms with Gasteiger partial charge in [-0.1, -0.05) is 23.8 Å². The summed E-state index contributed by atoms with van der Waals surface area (Å²) in [6, 6.07) is 6.85. The minimum absolute atomic E-state index is 0. The Morgan fingerprint density at radius 1 is 1.48 bits per heavy atom. The second-order valence-electron chi connectivity index (χ2n) is 5.79. The zero-order chi connectivity index (χ0) is 13.9. The Balaban J connectivity index is 0.00000161. The highest BCUT2D eigenvalue weighted by Crippen LogP contribution is 2.31. The predicted octanol–water partition coefficient (Wildman–Crippen LogP) is 1.90. The highest BCUT2D eigenvalue weighted by Gasteiger charge is 2.25. The fraction of sp³-hybridized carbons (Fsp3) is 0.562. The molecule has 0 bridgehead atoms. The van der Waals surface area contributed by atoms with Crippen LogP contribution in [0.2, 0.25) is 0 Å². The summed E-state index contributed by atoms with van der Waals surface area (Å²) in [5, 5.41) is 6.48. The van der Waals surface area contributed by atoms with Crippen molar-refractivity contribution in [2.75, 3.05) is 19.8 Å². The number of hydrogen-bond acceptors (Lipinski definition) is 3. The number of fused-ring (bicyclic) bond motifs is 1. The monoisotopic (exact) mass is 310 g/mol. The maximum atomic E-state index is 12.1. The Kier molecular flexibility index (Phi) is 5.62.